The molecule has 0 aromatic heterocycles. The van der Waals surface area contributed by atoms with Crippen LogP contribution in [0.4, 0.5) is 5.69 Å². The highest BCUT2D eigenvalue weighted by molar-refractivity contribution is 8.14. The summed E-state index contributed by atoms with van der Waals surface area (Å²) in [5.41, 5.74) is 4.10. The van der Waals surface area contributed by atoms with Gasteiger partial charge in [0.15, 0.2) is 5.17 Å². The topological polar surface area (TPSA) is 71.0 Å². The Balaban J connectivity index is 1.55. The van der Waals surface area contributed by atoms with Crippen molar-refractivity contribution in [1.82, 2.24) is 5.32 Å². The lowest BCUT2D eigenvalue weighted by atomic mass is 10.1. The van der Waals surface area contributed by atoms with Crippen molar-refractivity contribution >= 4 is 40.5 Å². The second-order valence-corrected chi connectivity index (χ2v) is 10.2. The van der Waals surface area contributed by atoms with E-state index >= 15 is 0 Å². The molecule has 0 atom stereocenters. The normalized spacial score (nSPS) is 17.9. The lowest BCUT2D eigenvalue weighted by Gasteiger charge is -2.20. The second kappa shape index (κ2) is 11.6. The number of benzene rings is 2. The molecule has 184 valence electrons. The van der Waals surface area contributed by atoms with Gasteiger partial charge in [-0.3, -0.25) is 14.5 Å². The van der Waals surface area contributed by atoms with Crippen LogP contribution in [-0.4, -0.2) is 35.9 Å². The molecule has 0 saturated heterocycles. The van der Waals surface area contributed by atoms with E-state index in [9.17, 15) is 9.59 Å². The number of nitrogens with one attached hydrogen (secondary N) is 1. The maximum Gasteiger partial charge on any atom is 0.283 e. The van der Waals surface area contributed by atoms with E-state index in [4.69, 9.17) is 4.74 Å². The van der Waals surface area contributed by atoms with Gasteiger partial charge in [-0.25, -0.2) is 4.99 Å². The third kappa shape index (κ3) is 6.54. The smallest absolute Gasteiger partial charge is 0.283 e. The molecule has 4 rings (SSSR count). The molecule has 0 unspecified atom stereocenters. The van der Waals surface area contributed by atoms with Crippen LogP contribution in [0.5, 0.6) is 5.75 Å². The number of hydrogen-bond acceptors (Lipinski definition) is 5. The number of aryl methyl sites for hydroxylation is 2. The highest BCUT2D eigenvalue weighted by Gasteiger charge is 2.32. The number of amidine groups is 1. The van der Waals surface area contributed by atoms with Crippen LogP contribution in [0.2, 0.25) is 0 Å². The number of rotatable bonds is 6. The Hall–Kier alpha value is -3.06. The summed E-state index contributed by atoms with van der Waals surface area (Å²) in [6.07, 6.45) is 8.68. The van der Waals surface area contributed by atoms with E-state index in [1.165, 1.54) is 37.4 Å². The minimum atomic E-state index is -0.197. The summed E-state index contributed by atoms with van der Waals surface area (Å²) in [6, 6.07) is 13.8. The number of amides is 2. The molecule has 1 aliphatic heterocycles. The third-order valence-corrected chi connectivity index (χ3v) is 7.20. The maximum atomic E-state index is 13.5. The van der Waals surface area contributed by atoms with Gasteiger partial charge in [-0.15, -0.1) is 0 Å². The number of carbonyl (C=O) groups is 2. The highest BCUT2D eigenvalue weighted by Crippen LogP contribution is 2.31. The molecule has 0 bridgehead atoms. The Kier molecular flexibility index (Phi) is 8.29. The van der Waals surface area contributed by atoms with E-state index in [1.807, 2.05) is 50.2 Å². The third-order valence-electron chi connectivity index (χ3n) is 6.27. The van der Waals surface area contributed by atoms with E-state index in [0.717, 1.165) is 41.0 Å². The largest absolute Gasteiger partial charge is 0.497 e. The van der Waals surface area contributed by atoms with Crippen molar-refractivity contribution < 1.29 is 14.3 Å². The van der Waals surface area contributed by atoms with Crippen LogP contribution in [0.1, 0.15) is 55.2 Å². The van der Waals surface area contributed by atoms with Crippen molar-refractivity contribution in [3.8, 4) is 5.75 Å². The lowest BCUT2D eigenvalue weighted by Crippen LogP contribution is -2.37. The Labute approximate surface area is 211 Å². The zero-order valence-corrected chi connectivity index (χ0v) is 21.5. The Morgan fingerprint density at radius 3 is 2.37 bits per heavy atom. The molecule has 2 aromatic rings. The number of methoxy groups -OCH3 is 1. The van der Waals surface area contributed by atoms with Gasteiger partial charge in [0.25, 0.3) is 5.91 Å². The van der Waals surface area contributed by atoms with Gasteiger partial charge >= 0.3 is 0 Å². The molecule has 1 fully saturated rings. The van der Waals surface area contributed by atoms with Gasteiger partial charge in [0.1, 0.15) is 11.4 Å². The Morgan fingerprint density at radius 1 is 1.09 bits per heavy atom. The summed E-state index contributed by atoms with van der Waals surface area (Å²) in [4.78, 5) is 32.5. The van der Waals surface area contributed by atoms with Crippen LogP contribution in [0.3, 0.4) is 0 Å². The highest BCUT2D eigenvalue weighted by atomic mass is 32.2. The van der Waals surface area contributed by atoms with Crippen LogP contribution in [0.15, 0.2) is 53.2 Å². The van der Waals surface area contributed by atoms with Crippen LogP contribution in [-0.2, 0) is 9.59 Å². The van der Waals surface area contributed by atoms with E-state index in [2.05, 4.69) is 16.4 Å². The molecule has 2 aromatic carbocycles. The van der Waals surface area contributed by atoms with Crippen molar-refractivity contribution in [2.45, 2.75) is 58.4 Å². The number of aliphatic imine (C=N–C) groups is 1. The van der Waals surface area contributed by atoms with Gasteiger partial charge in [-0.2, -0.15) is 0 Å². The van der Waals surface area contributed by atoms with Crippen molar-refractivity contribution in [2.75, 3.05) is 17.8 Å². The molecule has 1 heterocycles. The first-order valence-electron chi connectivity index (χ1n) is 12.2. The summed E-state index contributed by atoms with van der Waals surface area (Å²) < 4.78 is 5.23. The number of ether oxygens (including phenoxy) is 1. The first-order chi connectivity index (χ1) is 16.9. The molecule has 2 amide bonds. The fourth-order valence-electron chi connectivity index (χ4n) is 4.58. The van der Waals surface area contributed by atoms with Crippen molar-refractivity contribution in [3.05, 3.63) is 64.9 Å². The SMILES string of the molecule is COc1ccc(/C=C2\N=C(SCC(=O)NC3CCCCCC3)N(c3cc(C)cc(C)c3)C2=O)cc1. The van der Waals surface area contributed by atoms with Crippen molar-refractivity contribution in [2.24, 2.45) is 4.99 Å². The summed E-state index contributed by atoms with van der Waals surface area (Å²) in [5, 5.41) is 3.71. The Morgan fingerprint density at radius 2 is 1.74 bits per heavy atom. The van der Waals surface area contributed by atoms with Crippen LogP contribution in [0.25, 0.3) is 6.08 Å². The zero-order chi connectivity index (χ0) is 24.8. The predicted molar refractivity (Wildman–Crippen MR) is 144 cm³/mol. The number of nitrogens with zero attached hydrogens (tertiary/aromatic N) is 2. The number of hydrogen-bond donors (Lipinski definition) is 1. The molecule has 1 aliphatic carbocycles. The molecule has 2 aliphatic rings. The van der Waals surface area contributed by atoms with Gasteiger partial charge in [-0.05, 0) is 73.7 Å². The molecule has 0 spiro atoms. The predicted octanol–water partition coefficient (Wildman–Crippen LogP) is 5.63. The molecule has 6 nitrogen and oxygen atoms in total. The standard InChI is InChI=1S/C28H33N3O3S/c1-19-14-20(2)16-23(15-19)31-27(33)25(17-21-10-12-24(34-3)13-11-21)30-28(31)35-18-26(32)29-22-8-6-4-5-7-9-22/h10-17,22H,4-9,18H2,1-3H3,(H,29,32)/b25-17-. The summed E-state index contributed by atoms with van der Waals surface area (Å²) in [7, 11) is 1.62. The lowest BCUT2D eigenvalue weighted by molar-refractivity contribution is -0.119. The second-order valence-electron chi connectivity index (χ2n) is 9.23. The number of anilines is 1. The number of carbonyl (C=O) groups excluding carboxylic acids is 2. The van der Waals surface area contributed by atoms with Crippen molar-refractivity contribution in [3.63, 3.8) is 0 Å². The molecule has 1 saturated carbocycles. The minimum absolute atomic E-state index is 0.00925. The monoisotopic (exact) mass is 491 g/mol. The first kappa shape index (κ1) is 25.0. The molecule has 1 N–H and O–H groups in total. The fraction of sp³-hybridized carbons (Fsp3) is 0.393. The van der Waals surface area contributed by atoms with Crippen LogP contribution < -0.4 is 15.0 Å². The van der Waals surface area contributed by atoms with E-state index in [1.54, 1.807) is 18.1 Å². The average molecular weight is 492 g/mol. The summed E-state index contributed by atoms with van der Waals surface area (Å²) in [5.74, 6) is 0.767. The van der Waals surface area contributed by atoms with Crippen LogP contribution >= 0.6 is 11.8 Å². The van der Waals surface area contributed by atoms with Crippen molar-refractivity contribution in [1.29, 1.82) is 0 Å². The molecule has 7 heteroatoms. The summed E-state index contributed by atoms with van der Waals surface area (Å²) >= 11 is 1.31. The summed E-state index contributed by atoms with van der Waals surface area (Å²) in [6.45, 7) is 4.02. The maximum absolute atomic E-state index is 13.5. The quantitative estimate of drug-likeness (QED) is 0.420. The van der Waals surface area contributed by atoms with Gasteiger partial charge in [0.05, 0.1) is 18.6 Å². The molecule has 35 heavy (non-hydrogen) atoms. The van der Waals surface area contributed by atoms with E-state index < -0.39 is 0 Å². The van der Waals surface area contributed by atoms with E-state index in [0.29, 0.717) is 10.9 Å². The van der Waals surface area contributed by atoms with Crippen LogP contribution in [0, 0.1) is 13.8 Å². The molecular formula is C28H33N3O3S. The Bertz CT molecular complexity index is 1110. The van der Waals surface area contributed by atoms with Gasteiger partial charge in [0, 0.05) is 6.04 Å². The fourth-order valence-corrected chi connectivity index (χ4v) is 5.41. The molecular weight excluding hydrogens is 458 g/mol. The van der Waals surface area contributed by atoms with Gasteiger partial charge in [-0.1, -0.05) is 55.6 Å². The first-order valence-corrected chi connectivity index (χ1v) is 13.2. The number of thioether (sulfide) groups is 1. The zero-order valence-electron chi connectivity index (χ0n) is 20.7. The minimum Gasteiger partial charge on any atom is -0.497 e. The van der Waals surface area contributed by atoms with E-state index in [-0.39, 0.29) is 23.6 Å². The average Bonchev–Trinajstić information content (AvgIpc) is 2.97. The molecule has 0 radical (unpaired) electrons. The van der Waals surface area contributed by atoms with Gasteiger partial charge < -0.3 is 10.1 Å². The van der Waals surface area contributed by atoms with Gasteiger partial charge in [0.2, 0.25) is 5.91 Å².